The molecule has 1 aromatic heterocycles. The topological polar surface area (TPSA) is 86.7 Å². The van der Waals surface area contributed by atoms with Crippen LogP contribution in [0.25, 0.3) is 10.9 Å². The van der Waals surface area contributed by atoms with E-state index in [1.54, 1.807) is 7.11 Å². The third-order valence-electron chi connectivity index (χ3n) is 5.14. The average molecular weight is 366 g/mol. The zero-order valence-electron chi connectivity index (χ0n) is 15.1. The Kier molecular flexibility index (Phi) is 4.39. The van der Waals surface area contributed by atoms with Crippen LogP contribution in [0.3, 0.4) is 0 Å². The molecular formula is C21H22N2O4. The zero-order chi connectivity index (χ0) is 19.0. The number of methoxy groups -OCH3 is 1. The van der Waals surface area contributed by atoms with Gasteiger partial charge in [-0.15, -0.1) is 0 Å². The van der Waals surface area contributed by atoms with Crippen LogP contribution >= 0.6 is 0 Å². The Morgan fingerprint density at radius 1 is 1.26 bits per heavy atom. The normalized spacial score (nSPS) is 15.7. The van der Waals surface area contributed by atoms with Crippen LogP contribution in [0.5, 0.6) is 11.5 Å². The van der Waals surface area contributed by atoms with E-state index in [0.717, 1.165) is 40.9 Å². The lowest BCUT2D eigenvalue weighted by atomic mass is 10.0. The highest BCUT2D eigenvalue weighted by molar-refractivity contribution is 5.83. The molecule has 140 valence electrons. The molecule has 0 amide bonds. The van der Waals surface area contributed by atoms with E-state index in [-0.39, 0.29) is 12.3 Å². The number of aryl methyl sites for hydroxylation is 1. The van der Waals surface area contributed by atoms with Gasteiger partial charge in [-0.2, -0.15) is 0 Å². The highest BCUT2D eigenvalue weighted by Crippen LogP contribution is 2.37. The highest BCUT2D eigenvalue weighted by Gasteiger charge is 2.26. The molecule has 0 bridgehead atoms. The van der Waals surface area contributed by atoms with Crippen LogP contribution in [0.4, 0.5) is 5.69 Å². The number of carbonyl (C=O) groups is 1. The molecule has 2 heterocycles. The molecule has 6 heteroatoms. The number of hydrogen-bond acceptors (Lipinski definition) is 4. The van der Waals surface area contributed by atoms with Gasteiger partial charge >= 0.3 is 5.97 Å². The van der Waals surface area contributed by atoms with Gasteiger partial charge in [0.1, 0.15) is 18.1 Å². The number of nitrogen functional groups attached to an aromatic ring is 1. The van der Waals surface area contributed by atoms with E-state index < -0.39 is 5.97 Å². The maximum absolute atomic E-state index is 11.1. The minimum atomic E-state index is -0.749. The van der Waals surface area contributed by atoms with Crippen LogP contribution in [0.1, 0.15) is 30.0 Å². The number of aromatic nitrogens is 1. The summed E-state index contributed by atoms with van der Waals surface area (Å²) < 4.78 is 13.3. The van der Waals surface area contributed by atoms with Gasteiger partial charge in [0.25, 0.3) is 0 Å². The largest absolute Gasteiger partial charge is 0.495 e. The van der Waals surface area contributed by atoms with Gasteiger partial charge in [-0.25, -0.2) is 0 Å². The van der Waals surface area contributed by atoms with Crippen molar-refractivity contribution in [2.24, 2.45) is 0 Å². The predicted octanol–water partition coefficient (Wildman–Crippen LogP) is 3.77. The lowest BCUT2D eigenvalue weighted by Crippen LogP contribution is -2.02. The van der Waals surface area contributed by atoms with Crippen LogP contribution in [0, 0.1) is 0 Å². The first-order valence-corrected chi connectivity index (χ1v) is 8.95. The molecule has 27 heavy (non-hydrogen) atoms. The van der Waals surface area contributed by atoms with Crippen molar-refractivity contribution in [2.45, 2.75) is 31.9 Å². The van der Waals surface area contributed by atoms with Gasteiger partial charge in [-0.05, 0) is 48.4 Å². The Morgan fingerprint density at radius 3 is 2.85 bits per heavy atom. The fraction of sp³-hybridized carbons (Fsp3) is 0.286. The summed E-state index contributed by atoms with van der Waals surface area (Å²) in [5.41, 5.74) is 9.72. The smallest absolute Gasteiger partial charge is 0.304 e. The third-order valence-corrected chi connectivity index (χ3v) is 5.14. The molecule has 3 aromatic rings. The maximum atomic E-state index is 11.1. The number of ether oxygens (including phenoxy) is 2. The molecule has 0 fully saturated rings. The molecule has 0 spiro atoms. The van der Waals surface area contributed by atoms with Crippen LogP contribution < -0.4 is 15.2 Å². The second-order valence-electron chi connectivity index (χ2n) is 6.89. The number of fused-ring (bicyclic) bond motifs is 3. The Labute approximate surface area is 157 Å². The van der Waals surface area contributed by atoms with Crippen LogP contribution in [-0.4, -0.2) is 22.8 Å². The van der Waals surface area contributed by atoms with Gasteiger partial charge in [-0.1, -0.05) is 6.07 Å². The Morgan fingerprint density at radius 2 is 2.11 bits per heavy atom. The summed E-state index contributed by atoms with van der Waals surface area (Å²) in [6.45, 7) is 1.27. The lowest BCUT2D eigenvalue weighted by molar-refractivity contribution is -0.137. The number of aliphatic carboxylic acids is 1. The lowest BCUT2D eigenvalue weighted by Gasteiger charge is -2.09. The predicted molar refractivity (Wildman–Crippen MR) is 103 cm³/mol. The second-order valence-corrected chi connectivity index (χ2v) is 6.89. The number of carboxylic acid groups (broad SMARTS) is 1. The van der Waals surface area contributed by atoms with E-state index in [2.05, 4.69) is 10.6 Å². The first kappa shape index (κ1) is 17.3. The number of benzene rings is 2. The average Bonchev–Trinajstić information content (AvgIpc) is 3.19. The van der Waals surface area contributed by atoms with Gasteiger partial charge < -0.3 is 24.9 Å². The molecule has 1 aliphatic heterocycles. The molecule has 4 rings (SSSR count). The first-order valence-electron chi connectivity index (χ1n) is 8.95. The van der Waals surface area contributed by atoms with Crippen molar-refractivity contribution in [2.75, 3.05) is 12.8 Å². The molecule has 0 radical (unpaired) electrons. The van der Waals surface area contributed by atoms with E-state index in [9.17, 15) is 4.79 Å². The quantitative estimate of drug-likeness (QED) is 0.649. The fourth-order valence-corrected chi connectivity index (χ4v) is 3.84. The molecular weight excluding hydrogens is 344 g/mol. The molecule has 1 unspecified atom stereocenters. The molecule has 0 saturated heterocycles. The number of nitrogens with zero attached hydrogens (tertiary/aromatic N) is 1. The van der Waals surface area contributed by atoms with Crippen LogP contribution in [0.15, 0.2) is 42.5 Å². The number of nitrogens with two attached hydrogens (primary N) is 1. The Bertz CT molecular complexity index is 1010. The van der Waals surface area contributed by atoms with Crippen molar-refractivity contribution in [1.29, 1.82) is 0 Å². The van der Waals surface area contributed by atoms with Gasteiger partial charge in [0.2, 0.25) is 0 Å². The summed E-state index contributed by atoms with van der Waals surface area (Å²) in [6, 6.07) is 13.7. The van der Waals surface area contributed by atoms with Crippen molar-refractivity contribution >= 4 is 22.6 Å². The van der Waals surface area contributed by atoms with Gasteiger partial charge in [0, 0.05) is 29.1 Å². The maximum Gasteiger partial charge on any atom is 0.304 e. The van der Waals surface area contributed by atoms with E-state index in [0.29, 0.717) is 18.0 Å². The molecule has 1 atom stereocenters. The SMILES string of the molecule is COc1ccc(COc2ccc3c(c2)cc2n3CCC2CC(=O)O)cc1N. The van der Waals surface area contributed by atoms with Crippen LogP contribution in [-0.2, 0) is 17.9 Å². The summed E-state index contributed by atoms with van der Waals surface area (Å²) in [7, 11) is 1.59. The molecule has 0 saturated carbocycles. The van der Waals surface area contributed by atoms with Gasteiger partial charge in [-0.3, -0.25) is 4.79 Å². The van der Waals surface area contributed by atoms with Crippen LogP contribution in [0.2, 0.25) is 0 Å². The van der Waals surface area contributed by atoms with E-state index in [4.69, 9.17) is 20.3 Å². The summed E-state index contributed by atoms with van der Waals surface area (Å²) in [5, 5.41) is 10.2. The molecule has 6 nitrogen and oxygen atoms in total. The van der Waals surface area contributed by atoms with Gasteiger partial charge in [0.15, 0.2) is 0 Å². The van der Waals surface area contributed by atoms with E-state index in [1.807, 2.05) is 36.4 Å². The third kappa shape index (κ3) is 3.30. The monoisotopic (exact) mass is 366 g/mol. The highest BCUT2D eigenvalue weighted by atomic mass is 16.5. The van der Waals surface area contributed by atoms with Crippen molar-refractivity contribution in [3.8, 4) is 11.5 Å². The number of carboxylic acids is 1. The number of rotatable bonds is 6. The first-order chi connectivity index (χ1) is 13.0. The Balaban J connectivity index is 1.52. The second kappa shape index (κ2) is 6.87. The molecule has 2 aromatic carbocycles. The summed E-state index contributed by atoms with van der Waals surface area (Å²) >= 11 is 0. The minimum absolute atomic E-state index is 0.0848. The van der Waals surface area contributed by atoms with Crippen molar-refractivity contribution in [1.82, 2.24) is 4.57 Å². The van der Waals surface area contributed by atoms with Crippen molar-refractivity contribution < 1.29 is 19.4 Å². The minimum Gasteiger partial charge on any atom is -0.495 e. The summed E-state index contributed by atoms with van der Waals surface area (Å²) in [4.78, 5) is 11.1. The Hall–Kier alpha value is -3.15. The molecule has 3 N–H and O–H groups in total. The number of hydrogen-bond donors (Lipinski definition) is 2. The van der Waals surface area contributed by atoms with Gasteiger partial charge in [0.05, 0.1) is 19.2 Å². The molecule has 1 aliphatic rings. The molecule has 0 aliphatic carbocycles. The number of anilines is 1. The summed E-state index contributed by atoms with van der Waals surface area (Å²) in [5.74, 6) is 0.762. The van der Waals surface area contributed by atoms with Crippen molar-refractivity contribution in [3.63, 3.8) is 0 Å². The van der Waals surface area contributed by atoms with Crippen molar-refractivity contribution in [3.05, 3.63) is 53.7 Å². The summed E-state index contributed by atoms with van der Waals surface area (Å²) in [6.07, 6.45) is 1.06. The van der Waals surface area contributed by atoms with E-state index >= 15 is 0 Å². The standard InChI is InChI=1S/C21H22N2O4/c1-26-20-5-2-13(8-17(20)22)12-27-16-3-4-18-15(9-16)10-19-14(11-21(24)25)6-7-23(18)19/h2-5,8-10,14H,6-7,11-12,22H2,1H3,(H,24,25). The zero-order valence-corrected chi connectivity index (χ0v) is 15.1. The van der Waals surface area contributed by atoms with E-state index in [1.165, 1.54) is 0 Å². The fourth-order valence-electron chi connectivity index (χ4n) is 3.84.